The van der Waals surface area contributed by atoms with Crippen LogP contribution in [0, 0.1) is 23.3 Å². The van der Waals surface area contributed by atoms with E-state index >= 15 is 0 Å². The van der Waals surface area contributed by atoms with Gasteiger partial charge in [0.1, 0.15) is 47.4 Å². The molecule has 668 valence electrons. The van der Waals surface area contributed by atoms with Gasteiger partial charge in [-0.3, -0.25) is 24.8 Å². The first-order chi connectivity index (χ1) is 61.0. The number of esters is 4. The van der Waals surface area contributed by atoms with Gasteiger partial charge in [0.2, 0.25) is 15.9 Å². The molecule has 127 heavy (non-hydrogen) atoms. The molecule has 4 aromatic carbocycles. The summed E-state index contributed by atoms with van der Waals surface area (Å²) in [6.07, 6.45) is 7.37. The maximum atomic E-state index is 13.8. The Kier molecular flexibility index (Phi) is 31.1. The van der Waals surface area contributed by atoms with Crippen molar-refractivity contribution < 1.29 is 83.2 Å². The highest BCUT2D eigenvalue weighted by Crippen LogP contribution is 2.47. The minimum atomic E-state index is -3.50. The molecule has 4 saturated heterocycles. The summed E-state index contributed by atoms with van der Waals surface area (Å²) in [5, 5.41) is 12.7. The van der Waals surface area contributed by atoms with Crippen molar-refractivity contribution in [1.82, 2.24) is 63.9 Å². The summed E-state index contributed by atoms with van der Waals surface area (Å²) in [6, 6.07) is 13.6. The summed E-state index contributed by atoms with van der Waals surface area (Å²) in [5.74, 6) is -1.52. The van der Waals surface area contributed by atoms with E-state index < -0.39 is 87.4 Å². The van der Waals surface area contributed by atoms with Crippen LogP contribution in [0.15, 0.2) is 202 Å². The van der Waals surface area contributed by atoms with Crippen molar-refractivity contribution in [3.05, 3.63) is 248 Å². The van der Waals surface area contributed by atoms with Gasteiger partial charge in [-0.1, -0.05) is 88.0 Å². The summed E-state index contributed by atoms with van der Waals surface area (Å²) in [4.78, 5) is 139. The van der Waals surface area contributed by atoms with Gasteiger partial charge in [0.05, 0.1) is 105 Å². The third-order valence-electron chi connectivity index (χ3n) is 20.7. The van der Waals surface area contributed by atoms with Crippen LogP contribution in [0.25, 0.3) is 0 Å². The number of halogens is 8. The average molecular weight is 2100 g/mol. The number of amides is 4. The number of urea groups is 1. The van der Waals surface area contributed by atoms with Crippen LogP contribution in [0.1, 0.15) is 101 Å². The highest BCUT2D eigenvalue weighted by atomic mass is 79.9. The molecule has 8 aliphatic rings. The Hall–Kier alpha value is -10.3. The van der Waals surface area contributed by atoms with Gasteiger partial charge in [0.15, 0.2) is 43.4 Å². The van der Waals surface area contributed by atoms with E-state index in [1.54, 1.807) is 93.6 Å². The van der Waals surface area contributed by atoms with E-state index in [2.05, 4.69) is 89.0 Å². The summed E-state index contributed by atoms with van der Waals surface area (Å²) < 4.78 is 109. The van der Waals surface area contributed by atoms with Crippen molar-refractivity contribution in [2.45, 2.75) is 58.8 Å². The third-order valence-corrected chi connectivity index (χ3v) is 27.8. The van der Waals surface area contributed by atoms with E-state index in [4.69, 9.17) is 43.7 Å². The average Bonchev–Trinajstić information content (AvgIpc) is 1.57. The van der Waals surface area contributed by atoms with E-state index in [1.807, 2.05) is 41.1 Å². The number of hydrogen-bond donors (Lipinski definition) is 1. The van der Waals surface area contributed by atoms with Gasteiger partial charge in [-0.2, -0.15) is 4.31 Å². The zero-order valence-corrected chi connectivity index (χ0v) is 79.5. The molecule has 4 atom stereocenters. The number of nitrogens with one attached hydrogen (secondary N) is 1. The SMILES string of the molecule is CCOC(=O)C1=C2CN(C(=O)NC)CCN2C(c2nccs2)=N[C@H]1c1ccc(F)cc1Br.CCOC(=O)C1=C2CN(C(=O)OC)CCN2C(c2nccs2)=N[C@H]1c1ccc(F)cc1Br.CCOC(=O)C1=C2CN(C(C)=O)CCN2C(c2nccs2)=NC1c1ccc(F)cc1Br.CCOC(=O)C1=C2CN(S(C)(=O)=O)CCN2C(c2nccs2)=NC1c1ccc(F)cc1Br. The summed E-state index contributed by atoms with van der Waals surface area (Å²) >= 11 is 19.3. The molecule has 4 amide bonds. The fourth-order valence-corrected chi connectivity index (χ4v) is 20.6. The standard InChI is InChI=1S/C21H21BrFN5O3S.C21H20BrFN4O4S.C21H20BrFN4O3S.C20H20BrFN4O4S2/c1-3-31-20(29)16-15-11-27(21(30)24-2)7-8-28(15)18(19-25-6-9-32-19)26-17(16)13-5-4-12(23)10-14(13)22;1-3-31-20(28)16-15-11-26(21(29)30-2)7-8-27(15)18(19-24-6-9-32-19)25-17(16)13-5-4-12(23)10-14(13)22;1-3-30-21(29)17-16-11-26(12(2)28)7-8-27(16)19(20-24-6-9-31-20)25-18(17)14-5-4-13(23)10-15(14)22;1-3-30-20(27)16-15-11-25(32(2,28)29)7-8-26(15)18(19-23-6-9-31-19)24-17(16)13-5-4-12(22)10-14(13)21/h4-6,9-10,17H,3,7-8,11H2,1-2H3,(H,24,30);4-6,9-10,17H,3,7-8,11H2,1-2H3;4-6,9-10,18H,3,7-8,11H2,1-2H3;4-6,9-10,17H,3,7-8,11H2,1-2H3/t2*17-;;/m00../s1. The van der Waals surface area contributed by atoms with Crippen molar-refractivity contribution in [3.63, 3.8) is 0 Å². The number of thiazole rings is 4. The number of hydrogen-bond acceptors (Lipinski definition) is 30. The number of nitrogens with zero attached hydrogens (tertiary/aromatic N) is 16. The highest BCUT2D eigenvalue weighted by molar-refractivity contribution is 9.11. The van der Waals surface area contributed by atoms with Crippen LogP contribution in [-0.2, 0) is 57.7 Å². The molecular weight excluding hydrogens is 2010 g/mol. The van der Waals surface area contributed by atoms with Crippen LogP contribution < -0.4 is 5.32 Å². The second kappa shape index (κ2) is 41.8. The number of piperazine rings is 4. The second-order valence-electron chi connectivity index (χ2n) is 28.3. The van der Waals surface area contributed by atoms with Crippen LogP contribution in [0.4, 0.5) is 27.2 Å². The Bertz CT molecular complexity index is 5750. The van der Waals surface area contributed by atoms with Crippen LogP contribution in [0.3, 0.4) is 0 Å². The first kappa shape index (κ1) is 94.3. The number of carbonyl (C=O) groups is 7. The molecule has 16 rings (SSSR count). The van der Waals surface area contributed by atoms with E-state index in [9.17, 15) is 59.5 Å². The largest absolute Gasteiger partial charge is 0.463 e. The molecule has 31 nitrogen and oxygen atoms in total. The summed E-state index contributed by atoms with van der Waals surface area (Å²) in [6.45, 7) is 12.9. The number of benzene rings is 4. The Morgan fingerprint density at radius 2 is 0.701 bits per heavy atom. The number of aliphatic imine (C=N–C) groups is 4. The lowest BCUT2D eigenvalue weighted by atomic mass is 9.93. The van der Waals surface area contributed by atoms with E-state index in [0.29, 0.717) is 169 Å². The molecule has 2 unspecified atom stereocenters. The number of rotatable bonds is 17. The molecule has 0 aliphatic carbocycles. The van der Waals surface area contributed by atoms with Gasteiger partial charge >= 0.3 is 36.0 Å². The van der Waals surface area contributed by atoms with Gasteiger partial charge in [0.25, 0.3) is 0 Å². The molecular formula is C83H81Br4F4N17O14S5. The zero-order chi connectivity index (χ0) is 90.8. The van der Waals surface area contributed by atoms with Crippen molar-refractivity contribution in [1.29, 1.82) is 0 Å². The fourth-order valence-electron chi connectivity index (χ4n) is 15.0. The number of aromatic nitrogens is 4. The molecule has 44 heteroatoms. The highest BCUT2D eigenvalue weighted by Gasteiger charge is 2.47. The number of fused-ring (bicyclic) bond motifs is 4. The lowest BCUT2D eigenvalue weighted by Crippen LogP contribution is -2.53. The molecule has 0 bridgehead atoms. The molecule has 4 fully saturated rings. The van der Waals surface area contributed by atoms with E-state index in [0.717, 1.165) is 6.26 Å². The van der Waals surface area contributed by atoms with Crippen LogP contribution in [-0.4, -0.2) is 258 Å². The fraction of sp³-hybridized carbons (Fsp3) is 0.337. The number of sulfonamides is 1. The molecule has 4 aromatic heterocycles. The van der Waals surface area contributed by atoms with Gasteiger partial charge < -0.3 is 63.3 Å². The van der Waals surface area contributed by atoms with E-state index in [-0.39, 0.29) is 76.7 Å². The second-order valence-corrected chi connectivity index (χ2v) is 37.2. The molecule has 1 N–H and O–H groups in total. The Morgan fingerprint density at radius 3 is 0.961 bits per heavy atom. The molecule has 0 radical (unpaired) electrons. The third kappa shape index (κ3) is 20.9. The summed E-state index contributed by atoms with van der Waals surface area (Å²) in [5.41, 5.74) is 5.97. The number of methoxy groups -OCH3 is 1. The molecule has 0 spiro atoms. The van der Waals surface area contributed by atoms with Gasteiger partial charge in [-0.15, -0.1) is 45.3 Å². The predicted octanol–water partition coefficient (Wildman–Crippen LogP) is 13.5. The number of carbonyl (C=O) groups excluding carboxylic acids is 7. The zero-order valence-electron chi connectivity index (χ0n) is 69.1. The molecule has 12 heterocycles. The lowest BCUT2D eigenvalue weighted by Gasteiger charge is -2.42. The Balaban J connectivity index is 0.000000145. The number of ether oxygens (including phenoxy) is 5. The minimum absolute atomic E-state index is 0.00725. The van der Waals surface area contributed by atoms with Crippen LogP contribution in [0.5, 0.6) is 0 Å². The monoisotopic (exact) mass is 2090 g/mol. The van der Waals surface area contributed by atoms with Gasteiger partial charge in [-0.05, 0) is 98.5 Å². The van der Waals surface area contributed by atoms with E-state index in [1.165, 1.54) is 117 Å². The van der Waals surface area contributed by atoms with Crippen molar-refractivity contribution in [2.75, 3.05) is 125 Å². The smallest absolute Gasteiger partial charge is 0.409 e. The minimum Gasteiger partial charge on any atom is -0.463 e. The maximum absolute atomic E-state index is 13.8. The quantitative estimate of drug-likeness (QED) is 0.0502. The lowest BCUT2D eigenvalue weighted by molar-refractivity contribution is -0.140. The maximum Gasteiger partial charge on any atom is 0.409 e. The normalized spacial score (nSPS) is 18.7. The Morgan fingerprint density at radius 1 is 0.425 bits per heavy atom. The van der Waals surface area contributed by atoms with Crippen LogP contribution >= 0.6 is 109 Å². The first-order valence-electron chi connectivity index (χ1n) is 39.4. The molecule has 8 aromatic rings. The van der Waals surface area contributed by atoms with Gasteiger partial charge in [0, 0.05) is 136 Å². The van der Waals surface area contributed by atoms with Crippen molar-refractivity contribution in [2.24, 2.45) is 20.0 Å². The summed E-state index contributed by atoms with van der Waals surface area (Å²) in [7, 11) is -0.613. The van der Waals surface area contributed by atoms with Crippen molar-refractivity contribution >= 4 is 184 Å². The predicted molar refractivity (Wildman–Crippen MR) is 482 cm³/mol. The topological polar surface area (TPSA) is 339 Å². The van der Waals surface area contributed by atoms with Crippen molar-refractivity contribution in [3.8, 4) is 0 Å². The molecule has 8 aliphatic heterocycles. The number of amidine groups is 4. The Labute approximate surface area is 776 Å². The van der Waals surface area contributed by atoms with Crippen LogP contribution in [0.2, 0.25) is 0 Å². The molecule has 0 saturated carbocycles. The van der Waals surface area contributed by atoms with Gasteiger partial charge in [-0.25, -0.2) is 74.7 Å². The first-order valence-corrected chi connectivity index (χ1v) is 47.9.